The molecule has 0 radical (unpaired) electrons. The smallest absolute Gasteiger partial charge is 0.280 e. The Morgan fingerprint density at radius 2 is 2.17 bits per heavy atom. The Morgan fingerprint density at radius 1 is 1.43 bits per heavy atom. The molecule has 0 saturated carbocycles. The van der Waals surface area contributed by atoms with Gasteiger partial charge in [0.1, 0.15) is 18.3 Å². The zero-order valence-corrected chi connectivity index (χ0v) is 11.4. The summed E-state index contributed by atoms with van der Waals surface area (Å²) in [6.07, 6.45) is -5.20. The van der Waals surface area contributed by atoms with Crippen LogP contribution in [0.1, 0.15) is 6.23 Å². The molecule has 4 atom stereocenters. The van der Waals surface area contributed by atoms with Crippen molar-refractivity contribution in [1.82, 2.24) is 19.5 Å². The van der Waals surface area contributed by atoms with E-state index >= 15 is 0 Å². The van der Waals surface area contributed by atoms with Gasteiger partial charge in [0.15, 0.2) is 17.4 Å². The number of hydrogen-bond acceptors (Lipinski definition) is 9. The number of aromatic nitrogens is 4. The molecule has 1 unspecified atom stereocenters. The molecular formula is C10H12N8O5. The van der Waals surface area contributed by atoms with Gasteiger partial charge in [-0.25, -0.2) is 4.98 Å². The predicted molar refractivity (Wildman–Crippen MR) is 74.4 cm³/mol. The van der Waals surface area contributed by atoms with E-state index in [1.165, 1.54) is 0 Å². The number of imidazole rings is 1. The lowest BCUT2D eigenvalue weighted by atomic mass is 10.1. The first-order chi connectivity index (χ1) is 11.0. The predicted octanol–water partition coefficient (Wildman–Crippen LogP) is -1.74. The van der Waals surface area contributed by atoms with E-state index in [1.807, 2.05) is 0 Å². The zero-order valence-electron chi connectivity index (χ0n) is 11.4. The number of nitrogen functional groups attached to an aromatic ring is 1. The average Bonchev–Trinajstić information content (AvgIpc) is 2.99. The number of nitrogens with one attached hydrogen (secondary N) is 1. The van der Waals surface area contributed by atoms with Crippen molar-refractivity contribution in [3.05, 3.63) is 20.8 Å². The van der Waals surface area contributed by atoms with E-state index in [0.717, 1.165) is 4.57 Å². The van der Waals surface area contributed by atoms with Crippen LogP contribution in [0.15, 0.2) is 9.91 Å². The van der Waals surface area contributed by atoms with Crippen LogP contribution in [0.3, 0.4) is 0 Å². The molecule has 0 aromatic carbocycles. The molecule has 1 aliphatic rings. The van der Waals surface area contributed by atoms with E-state index in [0.29, 0.717) is 0 Å². The van der Waals surface area contributed by atoms with Crippen molar-refractivity contribution in [1.29, 1.82) is 0 Å². The summed E-state index contributed by atoms with van der Waals surface area (Å²) in [7, 11) is 0. The fourth-order valence-corrected chi connectivity index (χ4v) is 2.43. The highest BCUT2D eigenvalue weighted by Gasteiger charge is 2.44. The Hall–Kier alpha value is -2.70. The van der Waals surface area contributed by atoms with Crippen LogP contribution in [0, 0.1) is 0 Å². The number of rotatable bonds is 3. The first-order valence-electron chi connectivity index (χ1n) is 6.43. The van der Waals surface area contributed by atoms with E-state index in [2.05, 4.69) is 25.0 Å². The molecule has 13 heteroatoms. The molecule has 0 aliphatic carbocycles. The minimum atomic E-state index is -1.47. The number of aliphatic hydroxyl groups is 3. The highest BCUT2D eigenvalue weighted by molar-refractivity contribution is 5.74. The van der Waals surface area contributed by atoms with Gasteiger partial charge in [0.2, 0.25) is 11.9 Å². The van der Waals surface area contributed by atoms with Gasteiger partial charge in [-0.2, -0.15) is 4.98 Å². The van der Waals surface area contributed by atoms with Gasteiger partial charge < -0.3 is 25.8 Å². The second kappa shape index (κ2) is 5.49. The van der Waals surface area contributed by atoms with Crippen LogP contribution in [0.25, 0.3) is 21.6 Å². The van der Waals surface area contributed by atoms with Gasteiger partial charge in [0.05, 0.1) is 6.61 Å². The summed E-state index contributed by atoms with van der Waals surface area (Å²) in [6, 6.07) is 0. The molecule has 3 heterocycles. The Labute approximate surface area is 126 Å². The number of aliphatic hydroxyl groups excluding tert-OH is 3. The number of ether oxygens (including phenoxy) is 1. The minimum Gasteiger partial charge on any atom is -0.394 e. The molecule has 13 nitrogen and oxygen atoms in total. The van der Waals surface area contributed by atoms with Crippen molar-refractivity contribution in [2.75, 3.05) is 12.3 Å². The zero-order chi connectivity index (χ0) is 16.7. The number of fused-ring (bicyclic) bond motifs is 1. The third-order valence-electron chi connectivity index (χ3n) is 3.46. The summed E-state index contributed by atoms with van der Waals surface area (Å²) in [5, 5.41) is 32.4. The third kappa shape index (κ3) is 2.28. The lowest BCUT2D eigenvalue weighted by molar-refractivity contribution is -0.0502. The molecule has 3 rings (SSSR count). The molecule has 23 heavy (non-hydrogen) atoms. The van der Waals surface area contributed by atoms with E-state index in [9.17, 15) is 15.0 Å². The van der Waals surface area contributed by atoms with Gasteiger partial charge in [-0.3, -0.25) is 14.3 Å². The number of anilines is 1. The van der Waals surface area contributed by atoms with Crippen LogP contribution >= 0.6 is 0 Å². The second-order valence-corrected chi connectivity index (χ2v) is 4.82. The minimum absolute atomic E-state index is 0.0940. The Kier molecular flexibility index (Phi) is 3.63. The topological polar surface area (TPSA) is 208 Å². The molecule has 122 valence electrons. The van der Waals surface area contributed by atoms with Gasteiger partial charge in [0, 0.05) is 4.91 Å². The van der Waals surface area contributed by atoms with Gasteiger partial charge in [0.25, 0.3) is 5.56 Å². The number of nitrogens with zero attached hydrogens (tertiary/aromatic N) is 6. The number of aromatic amines is 1. The SMILES string of the molecule is [N-]=[N+]=Nc1nc2c(=O)[nH]c(N)nc2n1[C@@H]1O[C@H](CO)[C@H](O)C1O. The highest BCUT2D eigenvalue weighted by atomic mass is 16.6. The van der Waals surface area contributed by atoms with E-state index in [-0.39, 0.29) is 23.1 Å². The van der Waals surface area contributed by atoms with Crippen molar-refractivity contribution in [2.45, 2.75) is 24.5 Å². The van der Waals surface area contributed by atoms with Crippen molar-refractivity contribution < 1.29 is 20.1 Å². The fraction of sp³-hybridized carbons (Fsp3) is 0.500. The molecule has 0 amide bonds. The van der Waals surface area contributed by atoms with Crippen LogP contribution in [0.2, 0.25) is 0 Å². The van der Waals surface area contributed by atoms with Gasteiger partial charge in [-0.05, 0) is 10.6 Å². The number of hydrogen-bond donors (Lipinski definition) is 5. The standard InChI is InChI=1S/C10H12N8O5/c11-9-14-6-3(7(22)15-9)13-10(16-17-12)18(6)8-5(21)4(20)2(1-19)23-8/h2,4-5,8,19-21H,1H2,(H3,11,14,15,22)/t2-,4+,5?,8-/m1/s1. The van der Waals surface area contributed by atoms with Crippen LogP contribution < -0.4 is 11.3 Å². The Bertz CT molecular complexity index is 855. The first kappa shape index (κ1) is 15.2. The normalized spacial score (nSPS) is 27.3. The molecule has 2 aromatic heterocycles. The first-order valence-corrected chi connectivity index (χ1v) is 6.43. The largest absolute Gasteiger partial charge is 0.394 e. The van der Waals surface area contributed by atoms with Gasteiger partial charge in [-0.15, -0.1) is 0 Å². The fourth-order valence-electron chi connectivity index (χ4n) is 2.43. The van der Waals surface area contributed by atoms with Crippen molar-refractivity contribution >= 4 is 23.1 Å². The van der Waals surface area contributed by atoms with Crippen LogP contribution in [0.5, 0.6) is 0 Å². The third-order valence-corrected chi connectivity index (χ3v) is 3.46. The Balaban J connectivity index is 2.25. The Morgan fingerprint density at radius 3 is 2.78 bits per heavy atom. The van der Waals surface area contributed by atoms with Crippen molar-refractivity contribution in [3.8, 4) is 0 Å². The summed E-state index contributed by atoms with van der Waals surface area (Å²) in [6.45, 7) is -0.547. The lowest BCUT2D eigenvalue weighted by Gasteiger charge is -2.17. The van der Waals surface area contributed by atoms with Gasteiger partial charge in [-0.1, -0.05) is 0 Å². The number of azide groups is 1. The summed E-state index contributed by atoms with van der Waals surface area (Å²) in [5.74, 6) is -0.524. The lowest BCUT2D eigenvalue weighted by Crippen LogP contribution is -2.33. The number of nitrogens with two attached hydrogens (primary N) is 1. The molecule has 6 N–H and O–H groups in total. The monoisotopic (exact) mass is 324 g/mol. The molecule has 0 spiro atoms. The van der Waals surface area contributed by atoms with Crippen LogP contribution in [-0.2, 0) is 4.74 Å². The van der Waals surface area contributed by atoms with Gasteiger partial charge >= 0.3 is 0 Å². The number of H-pyrrole nitrogens is 1. The molecule has 2 aromatic rings. The average molecular weight is 324 g/mol. The summed E-state index contributed by atoms with van der Waals surface area (Å²) in [4.78, 5) is 24.4. The summed E-state index contributed by atoms with van der Waals surface area (Å²) in [5.41, 5.74) is 13.2. The molecule has 1 saturated heterocycles. The molecule has 1 aliphatic heterocycles. The summed E-state index contributed by atoms with van der Waals surface area (Å²) < 4.78 is 6.40. The van der Waals surface area contributed by atoms with E-state index < -0.39 is 36.7 Å². The second-order valence-electron chi connectivity index (χ2n) is 4.82. The molecule has 1 fully saturated rings. The quantitative estimate of drug-likeness (QED) is 0.248. The van der Waals surface area contributed by atoms with Crippen molar-refractivity contribution in [2.24, 2.45) is 5.11 Å². The maximum Gasteiger partial charge on any atom is 0.280 e. The maximum absolute atomic E-state index is 11.9. The van der Waals surface area contributed by atoms with Crippen LogP contribution in [-0.4, -0.2) is 59.8 Å². The summed E-state index contributed by atoms with van der Waals surface area (Å²) >= 11 is 0. The molecule has 0 bridgehead atoms. The van der Waals surface area contributed by atoms with E-state index in [1.54, 1.807) is 0 Å². The maximum atomic E-state index is 11.9. The van der Waals surface area contributed by atoms with Crippen LogP contribution in [0.4, 0.5) is 11.9 Å². The van der Waals surface area contributed by atoms with Crippen molar-refractivity contribution in [3.63, 3.8) is 0 Å². The molecular weight excluding hydrogens is 312 g/mol. The highest BCUT2D eigenvalue weighted by Crippen LogP contribution is 2.34. The van der Waals surface area contributed by atoms with E-state index in [4.69, 9.17) is 21.1 Å².